The molecule has 0 bridgehead atoms. The number of ether oxygens (including phenoxy) is 1. The Bertz CT molecular complexity index is 867. The fraction of sp³-hybridized carbons (Fsp3) is 0.235. The molecule has 1 amide bonds. The van der Waals surface area contributed by atoms with Crippen molar-refractivity contribution in [3.63, 3.8) is 0 Å². The fourth-order valence-electron chi connectivity index (χ4n) is 2.26. The third-order valence-electron chi connectivity index (χ3n) is 3.57. The Kier molecular flexibility index (Phi) is 5.44. The van der Waals surface area contributed by atoms with E-state index in [1.807, 2.05) is 30.3 Å². The van der Waals surface area contributed by atoms with Gasteiger partial charge in [-0.2, -0.15) is 0 Å². The lowest BCUT2D eigenvalue weighted by Crippen LogP contribution is -2.42. The van der Waals surface area contributed by atoms with E-state index in [2.05, 4.69) is 5.32 Å². The molecule has 0 unspecified atom stereocenters. The Morgan fingerprint density at radius 1 is 1.20 bits per heavy atom. The summed E-state index contributed by atoms with van der Waals surface area (Å²) in [4.78, 5) is 11.6. The summed E-state index contributed by atoms with van der Waals surface area (Å²) in [5.41, 5.74) is -0.190. The topological polar surface area (TPSA) is 98.5 Å². The van der Waals surface area contributed by atoms with Crippen LogP contribution >= 0.6 is 0 Å². The van der Waals surface area contributed by atoms with E-state index >= 15 is 0 Å². The number of nitrogens with two attached hydrogens (primary N) is 1. The first-order valence-corrected chi connectivity index (χ1v) is 8.96. The van der Waals surface area contributed by atoms with Gasteiger partial charge in [-0.1, -0.05) is 36.4 Å². The maximum Gasteiger partial charge on any atom is 0.408 e. The van der Waals surface area contributed by atoms with Crippen molar-refractivity contribution in [2.24, 2.45) is 5.14 Å². The number of carbonyl (C=O) groups excluding carboxylic acids is 1. The average molecular weight is 366 g/mol. The first-order valence-electron chi connectivity index (χ1n) is 7.41. The summed E-state index contributed by atoms with van der Waals surface area (Å²) in [7, 11) is -4.00. The van der Waals surface area contributed by atoms with Crippen LogP contribution < -0.4 is 10.5 Å². The zero-order chi connectivity index (χ0) is 18.7. The molecule has 8 heteroatoms. The summed E-state index contributed by atoms with van der Waals surface area (Å²) in [5.74, 6) is -0.792. The van der Waals surface area contributed by atoms with Crippen molar-refractivity contribution in [1.29, 1.82) is 0 Å². The normalized spacial score (nSPS) is 11.8. The number of primary sulfonamides is 1. The summed E-state index contributed by atoms with van der Waals surface area (Å²) in [5, 5.41) is 7.54. The van der Waals surface area contributed by atoms with Crippen LogP contribution in [-0.4, -0.2) is 14.5 Å². The third kappa shape index (κ3) is 5.01. The van der Waals surface area contributed by atoms with E-state index < -0.39 is 27.5 Å². The number of nitrogens with one attached hydrogen (secondary N) is 1. The van der Waals surface area contributed by atoms with Crippen LogP contribution in [0.1, 0.15) is 25.0 Å². The molecule has 2 rings (SSSR count). The molecule has 0 aliphatic rings. The van der Waals surface area contributed by atoms with Crippen LogP contribution in [-0.2, 0) is 26.9 Å². The highest BCUT2D eigenvalue weighted by Gasteiger charge is 2.27. The van der Waals surface area contributed by atoms with E-state index in [9.17, 15) is 17.6 Å². The molecule has 0 spiro atoms. The standard InChI is InChI=1S/C17H19FN2O4S/c1-17(2,14-9-8-13(10-15(14)18)25(19,22)23)20-16(21)24-11-12-6-4-3-5-7-12/h3-10H,11H2,1-2H3,(H,20,21)(H2,19,22,23). The molecule has 25 heavy (non-hydrogen) atoms. The Hall–Kier alpha value is -2.45. The van der Waals surface area contributed by atoms with Gasteiger partial charge in [0.1, 0.15) is 12.4 Å². The number of sulfonamides is 1. The van der Waals surface area contributed by atoms with Gasteiger partial charge in [-0.25, -0.2) is 22.7 Å². The minimum Gasteiger partial charge on any atom is -0.445 e. The largest absolute Gasteiger partial charge is 0.445 e. The molecule has 0 fully saturated rings. The van der Waals surface area contributed by atoms with Crippen molar-refractivity contribution in [2.45, 2.75) is 30.9 Å². The molecule has 0 aliphatic carbocycles. The average Bonchev–Trinajstić information content (AvgIpc) is 2.52. The maximum absolute atomic E-state index is 14.3. The molecule has 0 aliphatic heterocycles. The highest BCUT2D eigenvalue weighted by molar-refractivity contribution is 7.89. The maximum atomic E-state index is 14.3. The van der Waals surface area contributed by atoms with Crippen LogP contribution in [0.4, 0.5) is 9.18 Å². The summed E-state index contributed by atoms with van der Waals surface area (Å²) in [6, 6.07) is 12.4. The Morgan fingerprint density at radius 2 is 1.84 bits per heavy atom. The van der Waals surface area contributed by atoms with Gasteiger partial charge < -0.3 is 10.1 Å². The Labute approximate surface area is 145 Å². The van der Waals surface area contributed by atoms with Gasteiger partial charge in [0.2, 0.25) is 10.0 Å². The molecule has 0 aromatic heterocycles. The van der Waals surface area contributed by atoms with Gasteiger partial charge >= 0.3 is 6.09 Å². The molecule has 0 atom stereocenters. The van der Waals surface area contributed by atoms with Crippen LogP contribution in [0, 0.1) is 5.82 Å². The molecule has 0 heterocycles. The van der Waals surface area contributed by atoms with Crippen LogP contribution in [0.15, 0.2) is 53.4 Å². The molecule has 6 nitrogen and oxygen atoms in total. The summed E-state index contributed by atoms with van der Waals surface area (Å²) >= 11 is 0. The monoisotopic (exact) mass is 366 g/mol. The lowest BCUT2D eigenvalue weighted by molar-refractivity contribution is 0.129. The Balaban J connectivity index is 2.09. The van der Waals surface area contributed by atoms with Crippen molar-refractivity contribution < 1.29 is 22.3 Å². The molecule has 0 radical (unpaired) electrons. The molecule has 2 aromatic rings. The van der Waals surface area contributed by atoms with Crippen molar-refractivity contribution in [3.8, 4) is 0 Å². The van der Waals surface area contributed by atoms with Crippen molar-refractivity contribution in [2.75, 3.05) is 0 Å². The highest BCUT2D eigenvalue weighted by Crippen LogP contribution is 2.25. The van der Waals surface area contributed by atoms with Crippen molar-refractivity contribution in [1.82, 2.24) is 5.32 Å². The lowest BCUT2D eigenvalue weighted by Gasteiger charge is -2.27. The van der Waals surface area contributed by atoms with E-state index in [1.54, 1.807) is 13.8 Å². The second-order valence-electron chi connectivity index (χ2n) is 6.00. The third-order valence-corrected chi connectivity index (χ3v) is 4.48. The van der Waals surface area contributed by atoms with E-state index in [4.69, 9.17) is 9.88 Å². The number of hydrogen-bond acceptors (Lipinski definition) is 4. The highest BCUT2D eigenvalue weighted by atomic mass is 32.2. The number of carbonyl (C=O) groups is 1. The lowest BCUT2D eigenvalue weighted by atomic mass is 9.94. The number of amides is 1. The number of benzene rings is 2. The van der Waals surface area contributed by atoms with Gasteiger partial charge in [-0.15, -0.1) is 0 Å². The molecule has 2 aromatic carbocycles. The van der Waals surface area contributed by atoms with E-state index in [0.29, 0.717) is 0 Å². The quantitative estimate of drug-likeness (QED) is 0.850. The van der Waals surface area contributed by atoms with E-state index in [1.165, 1.54) is 12.1 Å². The molecular weight excluding hydrogens is 347 g/mol. The second-order valence-corrected chi connectivity index (χ2v) is 7.56. The zero-order valence-corrected chi connectivity index (χ0v) is 14.6. The predicted octanol–water partition coefficient (Wildman–Crippen LogP) is 2.63. The molecule has 134 valence electrons. The zero-order valence-electron chi connectivity index (χ0n) is 13.8. The van der Waals surface area contributed by atoms with Gasteiger partial charge in [0, 0.05) is 5.56 Å². The minimum absolute atomic E-state index is 0.0790. The molecule has 0 saturated heterocycles. The number of alkyl carbamates (subject to hydrolysis) is 1. The van der Waals surface area contributed by atoms with Gasteiger partial charge in [-0.3, -0.25) is 0 Å². The van der Waals surface area contributed by atoms with Crippen LogP contribution in [0.25, 0.3) is 0 Å². The van der Waals surface area contributed by atoms with E-state index in [0.717, 1.165) is 11.6 Å². The fourth-order valence-corrected chi connectivity index (χ4v) is 2.79. The van der Waals surface area contributed by atoms with Crippen molar-refractivity contribution >= 4 is 16.1 Å². The molecular formula is C17H19FN2O4S. The minimum atomic E-state index is -4.00. The van der Waals surface area contributed by atoms with Gasteiger partial charge in [0.25, 0.3) is 0 Å². The summed E-state index contributed by atoms with van der Waals surface area (Å²) in [6.45, 7) is 3.23. The first-order chi connectivity index (χ1) is 11.6. The van der Waals surface area contributed by atoms with Gasteiger partial charge in [-0.05, 0) is 31.5 Å². The molecule has 0 saturated carbocycles. The smallest absolute Gasteiger partial charge is 0.408 e. The SMILES string of the molecule is CC(C)(NC(=O)OCc1ccccc1)c1ccc(S(N)(=O)=O)cc1F. The number of rotatable bonds is 5. The van der Waals surface area contributed by atoms with Gasteiger partial charge in [0.05, 0.1) is 10.4 Å². The second kappa shape index (κ2) is 7.20. The predicted molar refractivity (Wildman–Crippen MR) is 90.6 cm³/mol. The van der Waals surface area contributed by atoms with Crippen LogP contribution in [0.5, 0.6) is 0 Å². The summed E-state index contributed by atoms with van der Waals surface area (Å²) in [6.07, 6.45) is -0.719. The van der Waals surface area contributed by atoms with Crippen LogP contribution in [0.3, 0.4) is 0 Å². The summed E-state index contributed by atoms with van der Waals surface area (Å²) < 4.78 is 41.9. The van der Waals surface area contributed by atoms with E-state index in [-0.39, 0.29) is 17.1 Å². The number of halogens is 1. The number of hydrogen-bond donors (Lipinski definition) is 2. The Morgan fingerprint density at radius 3 is 2.40 bits per heavy atom. The van der Waals surface area contributed by atoms with Gasteiger partial charge in [0.15, 0.2) is 0 Å². The molecule has 3 N–H and O–H groups in total. The first kappa shape index (κ1) is 18.9. The van der Waals surface area contributed by atoms with Crippen LogP contribution in [0.2, 0.25) is 0 Å². The van der Waals surface area contributed by atoms with Crippen molar-refractivity contribution in [3.05, 3.63) is 65.5 Å².